The van der Waals surface area contributed by atoms with E-state index in [1.807, 2.05) is 0 Å². The van der Waals surface area contributed by atoms with Crippen LogP contribution >= 0.6 is 23.2 Å². The zero-order chi connectivity index (χ0) is 27.4. The van der Waals surface area contributed by atoms with Crippen LogP contribution in [0, 0.1) is 11.6 Å². The number of piperazine rings is 1. The first-order valence-corrected chi connectivity index (χ1v) is 13.8. The fourth-order valence-corrected chi connectivity index (χ4v) is 6.24. The van der Waals surface area contributed by atoms with Gasteiger partial charge in [0.15, 0.2) is 5.75 Å². The van der Waals surface area contributed by atoms with Crippen molar-refractivity contribution >= 4 is 39.9 Å². The van der Waals surface area contributed by atoms with Gasteiger partial charge in [-0.3, -0.25) is 9.47 Å². The molecule has 0 spiro atoms. The third-order valence-corrected chi connectivity index (χ3v) is 8.43. The van der Waals surface area contributed by atoms with Gasteiger partial charge in [0.2, 0.25) is 0 Å². The molecule has 1 N–H and O–H groups in total. The fraction of sp³-hybridized carbons (Fsp3) is 0.481. The van der Waals surface area contributed by atoms with Gasteiger partial charge in [-0.1, -0.05) is 23.2 Å². The fourth-order valence-electron chi connectivity index (χ4n) is 5.78. The van der Waals surface area contributed by atoms with Crippen LogP contribution in [0.5, 0.6) is 5.75 Å². The molecule has 0 unspecified atom stereocenters. The minimum Gasteiger partial charge on any atom is -0.489 e. The maximum Gasteiger partial charge on any atom is 0.350 e. The molecule has 1 aromatic heterocycles. The summed E-state index contributed by atoms with van der Waals surface area (Å²) < 4.78 is 42.8. The molecule has 208 valence electrons. The third kappa shape index (κ3) is 4.76. The highest BCUT2D eigenvalue weighted by Gasteiger charge is 2.33. The zero-order valence-electron chi connectivity index (χ0n) is 21.6. The molecule has 2 fully saturated rings. The molecule has 0 amide bonds. The van der Waals surface area contributed by atoms with Crippen molar-refractivity contribution in [2.45, 2.75) is 38.5 Å². The topological polar surface area (TPSA) is 71.9 Å². The van der Waals surface area contributed by atoms with Crippen molar-refractivity contribution in [1.82, 2.24) is 19.8 Å². The van der Waals surface area contributed by atoms with Crippen molar-refractivity contribution in [2.24, 2.45) is 0 Å². The van der Waals surface area contributed by atoms with E-state index >= 15 is 4.39 Å². The quantitative estimate of drug-likeness (QED) is 0.471. The molecular weight excluding hydrogens is 551 g/mol. The first kappa shape index (κ1) is 26.7. The molecule has 39 heavy (non-hydrogen) atoms. The van der Waals surface area contributed by atoms with Gasteiger partial charge in [0.05, 0.1) is 34.8 Å². The lowest BCUT2D eigenvalue weighted by molar-refractivity contribution is 0.00339. The summed E-state index contributed by atoms with van der Waals surface area (Å²) in [6, 6.07) is 3.72. The van der Waals surface area contributed by atoms with E-state index in [0.717, 1.165) is 12.6 Å². The number of morpholine rings is 1. The number of ether oxygens (including phenoxy) is 2. The predicted octanol–water partition coefficient (Wildman–Crippen LogP) is 3.93. The number of hydrogen-bond acceptors (Lipinski definition) is 7. The Kier molecular flexibility index (Phi) is 7.18. The molecule has 6 rings (SSSR count). The second-order valence-electron chi connectivity index (χ2n) is 10.5. The van der Waals surface area contributed by atoms with Crippen LogP contribution < -0.4 is 20.6 Å². The summed E-state index contributed by atoms with van der Waals surface area (Å²) >= 11 is 12.9. The Balaban J connectivity index is 1.61. The van der Waals surface area contributed by atoms with Gasteiger partial charge < -0.3 is 19.7 Å². The van der Waals surface area contributed by atoms with E-state index in [9.17, 15) is 9.18 Å². The highest BCUT2D eigenvalue weighted by atomic mass is 35.5. The van der Waals surface area contributed by atoms with Crippen LogP contribution in [0.25, 0.3) is 22.0 Å². The van der Waals surface area contributed by atoms with Gasteiger partial charge in [-0.15, -0.1) is 0 Å². The van der Waals surface area contributed by atoms with E-state index < -0.39 is 17.3 Å². The predicted molar refractivity (Wildman–Crippen MR) is 147 cm³/mol. The Labute approximate surface area is 234 Å². The van der Waals surface area contributed by atoms with Gasteiger partial charge in [-0.2, -0.15) is 4.98 Å². The first-order chi connectivity index (χ1) is 18.7. The van der Waals surface area contributed by atoms with Crippen LogP contribution in [0.4, 0.5) is 14.6 Å². The Morgan fingerprint density at radius 2 is 1.82 bits per heavy atom. The molecule has 3 atom stereocenters. The maximum atomic E-state index is 15.2. The normalized spacial score (nSPS) is 24.1. The van der Waals surface area contributed by atoms with Crippen molar-refractivity contribution in [3.8, 4) is 16.9 Å². The van der Waals surface area contributed by atoms with E-state index in [1.54, 1.807) is 10.6 Å². The lowest BCUT2D eigenvalue weighted by Crippen LogP contribution is -2.55. The molecule has 0 radical (unpaired) electrons. The van der Waals surface area contributed by atoms with E-state index in [1.165, 1.54) is 6.07 Å². The summed E-state index contributed by atoms with van der Waals surface area (Å²) in [7, 11) is 0. The van der Waals surface area contributed by atoms with Gasteiger partial charge in [0.25, 0.3) is 0 Å². The summed E-state index contributed by atoms with van der Waals surface area (Å²) in [5.74, 6) is -0.946. The second-order valence-corrected chi connectivity index (χ2v) is 11.3. The molecule has 2 aromatic carbocycles. The summed E-state index contributed by atoms with van der Waals surface area (Å²) in [5, 5.41) is 4.02. The molecule has 4 heterocycles. The second kappa shape index (κ2) is 10.5. The van der Waals surface area contributed by atoms with Crippen molar-refractivity contribution < 1.29 is 18.3 Å². The molecule has 3 aromatic rings. The van der Waals surface area contributed by atoms with Crippen LogP contribution in [-0.4, -0.2) is 78.6 Å². The third-order valence-electron chi connectivity index (χ3n) is 7.84. The number of hydrogen-bond donors (Lipinski definition) is 1. The van der Waals surface area contributed by atoms with Crippen molar-refractivity contribution in [3.05, 3.63) is 50.4 Å². The molecule has 2 saturated heterocycles. The number of benzene rings is 2. The first-order valence-electron chi connectivity index (χ1n) is 13.1. The molecule has 3 aliphatic rings. The number of anilines is 1. The van der Waals surface area contributed by atoms with Crippen LogP contribution in [0.2, 0.25) is 10.0 Å². The number of nitrogens with zero attached hydrogens (tertiary/aromatic N) is 4. The Morgan fingerprint density at radius 1 is 1.05 bits per heavy atom. The molecule has 0 aliphatic carbocycles. The average molecular weight is 580 g/mol. The minimum absolute atomic E-state index is 0.00496. The number of aromatic nitrogens is 2. The van der Waals surface area contributed by atoms with E-state index in [-0.39, 0.29) is 51.7 Å². The van der Waals surface area contributed by atoms with E-state index in [4.69, 9.17) is 32.7 Å². The molecule has 12 heteroatoms. The van der Waals surface area contributed by atoms with Gasteiger partial charge in [0, 0.05) is 67.4 Å². The lowest BCUT2D eigenvalue weighted by atomic mass is 10.0. The molecule has 3 aliphatic heterocycles. The molecule has 8 nitrogen and oxygen atoms in total. The summed E-state index contributed by atoms with van der Waals surface area (Å²) in [6.07, 6.45) is 0. The van der Waals surface area contributed by atoms with E-state index in [0.29, 0.717) is 56.1 Å². The average Bonchev–Trinajstić information content (AvgIpc) is 3.12. The van der Waals surface area contributed by atoms with Crippen LogP contribution in [-0.2, 0) is 11.3 Å². The largest absolute Gasteiger partial charge is 0.489 e. The van der Waals surface area contributed by atoms with Crippen LogP contribution in [0.1, 0.15) is 13.8 Å². The number of nitrogens with one attached hydrogen (secondary N) is 1. The highest BCUT2D eigenvalue weighted by Crippen LogP contribution is 2.46. The summed E-state index contributed by atoms with van der Waals surface area (Å²) in [4.78, 5) is 22.6. The van der Waals surface area contributed by atoms with E-state index in [2.05, 4.69) is 33.9 Å². The summed E-state index contributed by atoms with van der Waals surface area (Å²) in [6.45, 7) is 8.62. The Bertz CT molecular complexity index is 1500. The Morgan fingerprint density at radius 3 is 2.59 bits per heavy atom. The van der Waals surface area contributed by atoms with Gasteiger partial charge in [-0.25, -0.2) is 13.6 Å². The van der Waals surface area contributed by atoms with Crippen molar-refractivity contribution in [3.63, 3.8) is 0 Å². The van der Waals surface area contributed by atoms with Gasteiger partial charge in [-0.05, 0) is 26.0 Å². The molecular formula is C27H29Cl2F2N5O3. The smallest absolute Gasteiger partial charge is 0.350 e. The van der Waals surface area contributed by atoms with Gasteiger partial charge in [0.1, 0.15) is 24.1 Å². The molecule has 0 bridgehead atoms. The Hall–Kier alpha value is -2.50. The van der Waals surface area contributed by atoms with Crippen LogP contribution in [0.15, 0.2) is 23.0 Å². The zero-order valence-corrected chi connectivity index (χ0v) is 23.2. The standard InChI is InChI=1S/C27H29Cl2F2N5O3/c1-14-11-35(15(2)10-32-14)26-18-8-20(29)23(17-7-19(28)22(31)9-21(17)30)25-24(18)36(27(37)33-26)12-16(13-39-25)34-3-5-38-6-4-34/h7-9,14-16,32H,3-6,10-13H2,1-2H3/t14-,15+,16-/m1/s1. The maximum absolute atomic E-state index is 15.2. The number of halogens is 4. The number of rotatable bonds is 3. The highest BCUT2D eigenvalue weighted by molar-refractivity contribution is 6.35. The lowest BCUT2D eigenvalue weighted by Gasteiger charge is -2.39. The molecule has 0 saturated carbocycles. The SMILES string of the molecule is C[C@@H]1CN(c2nc(=O)n3c4c(c(-c5cc(Cl)c(F)cc5F)c(Cl)cc24)OC[C@H](N2CCOCC2)C3)[C@@H](C)CN1. The van der Waals surface area contributed by atoms with Crippen molar-refractivity contribution in [1.29, 1.82) is 0 Å². The summed E-state index contributed by atoms with van der Waals surface area (Å²) in [5.41, 5.74) is 0.276. The minimum atomic E-state index is -0.876. The van der Waals surface area contributed by atoms with Gasteiger partial charge >= 0.3 is 5.69 Å². The monoisotopic (exact) mass is 579 g/mol. The van der Waals surface area contributed by atoms with Crippen molar-refractivity contribution in [2.75, 3.05) is 50.9 Å². The van der Waals surface area contributed by atoms with Crippen LogP contribution in [0.3, 0.4) is 0 Å².